The summed E-state index contributed by atoms with van der Waals surface area (Å²) >= 11 is 0. The van der Waals surface area contributed by atoms with Crippen LogP contribution in [0.15, 0.2) is 9.98 Å². The van der Waals surface area contributed by atoms with Gasteiger partial charge in [0.15, 0.2) is 0 Å². The number of aliphatic imine (C=N–C) groups is 2. The van der Waals surface area contributed by atoms with Crippen molar-refractivity contribution < 1.29 is 27.2 Å². The lowest BCUT2D eigenvalue weighted by atomic mass is 10.2. The molecule has 0 aliphatic rings. The topological polar surface area (TPSA) is 58.9 Å². The van der Waals surface area contributed by atoms with Gasteiger partial charge in [0.25, 0.3) is 0 Å². The molecule has 0 aromatic carbocycles. The van der Waals surface area contributed by atoms with E-state index in [9.17, 15) is 27.2 Å². The average Bonchev–Trinajstić information content (AvgIpc) is 2.02. The van der Waals surface area contributed by atoms with Crippen LogP contribution in [0.3, 0.4) is 0 Å². The summed E-state index contributed by atoms with van der Waals surface area (Å²) in [4.78, 5) is 23.2. The Morgan fingerprint density at radius 2 is 1.20 bits per heavy atom. The smallest absolute Gasteiger partial charge is 0.211 e. The van der Waals surface area contributed by atoms with Crippen LogP contribution in [0.25, 0.3) is 0 Å². The zero-order valence-electron chi connectivity index (χ0n) is 7.34. The van der Waals surface area contributed by atoms with Crippen molar-refractivity contribution >= 4 is 12.2 Å². The third-order valence-corrected chi connectivity index (χ3v) is 1.37. The van der Waals surface area contributed by atoms with Gasteiger partial charge in [-0.05, 0) is 6.42 Å². The second-order valence-electron chi connectivity index (χ2n) is 2.59. The van der Waals surface area contributed by atoms with E-state index in [1.807, 2.05) is 0 Å². The molecule has 0 N–H and O–H groups in total. The van der Waals surface area contributed by atoms with Crippen LogP contribution in [0.1, 0.15) is 19.3 Å². The lowest BCUT2D eigenvalue weighted by molar-refractivity contribution is -0.0266. The standard InChI is InChI=1S/C7H6F4N2O2/c8-6(9,12-4-14)2-1-3-7(10,11)13-5-15/h1-3H2. The van der Waals surface area contributed by atoms with Gasteiger partial charge in [0, 0.05) is 12.8 Å². The van der Waals surface area contributed by atoms with Gasteiger partial charge >= 0.3 is 12.1 Å². The third kappa shape index (κ3) is 6.54. The van der Waals surface area contributed by atoms with Gasteiger partial charge in [-0.25, -0.2) is 9.59 Å². The largest absolute Gasteiger partial charge is 0.351 e. The van der Waals surface area contributed by atoms with Gasteiger partial charge in [-0.3, -0.25) is 0 Å². The highest BCUT2D eigenvalue weighted by Gasteiger charge is 2.32. The van der Waals surface area contributed by atoms with E-state index in [1.165, 1.54) is 0 Å². The van der Waals surface area contributed by atoms with Crippen molar-refractivity contribution in [2.24, 2.45) is 9.98 Å². The van der Waals surface area contributed by atoms with E-state index < -0.39 is 31.4 Å². The highest BCUT2D eigenvalue weighted by atomic mass is 19.3. The van der Waals surface area contributed by atoms with Crippen molar-refractivity contribution in [2.45, 2.75) is 31.4 Å². The molecule has 0 aromatic rings. The van der Waals surface area contributed by atoms with E-state index in [1.54, 1.807) is 0 Å². The van der Waals surface area contributed by atoms with E-state index in [4.69, 9.17) is 0 Å². The molecule has 0 bridgehead atoms. The van der Waals surface area contributed by atoms with Crippen LogP contribution < -0.4 is 0 Å². The normalized spacial score (nSPS) is 11.5. The monoisotopic (exact) mass is 226 g/mol. The SMILES string of the molecule is O=C=NC(F)(F)CCCC(F)(F)N=C=O. The molecule has 0 rings (SSSR count). The average molecular weight is 226 g/mol. The van der Waals surface area contributed by atoms with Gasteiger partial charge in [0.05, 0.1) is 0 Å². The first-order valence-electron chi connectivity index (χ1n) is 3.77. The molecule has 15 heavy (non-hydrogen) atoms. The predicted octanol–water partition coefficient (Wildman–Crippen LogP) is 2.01. The molecule has 0 saturated heterocycles. The number of alkyl halides is 4. The summed E-state index contributed by atoms with van der Waals surface area (Å²) in [6, 6.07) is -7.41. The molecule has 0 unspecified atom stereocenters. The fraction of sp³-hybridized carbons (Fsp3) is 0.714. The van der Waals surface area contributed by atoms with Gasteiger partial charge in [-0.15, -0.1) is 9.98 Å². The molecule has 0 amide bonds. The summed E-state index contributed by atoms with van der Waals surface area (Å²) < 4.78 is 49.6. The molecular weight excluding hydrogens is 220 g/mol. The van der Waals surface area contributed by atoms with Crippen LogP contribution in [0, 0.1) is 0 Å². The second kappa shape index (κ2) is 5.38. The Hall–Kier alpha value is -1.52. The molecular formula is C7H6F4N2O2. The number of hydrogen-bond donors (Lipinski definition) is 0. The summed E-state index contributed by atoms with van der Waals surface area (Å²) in [5.41, 5.74) is 0. The summed E-state index contributed by atoms with van der Waals surface area (Å²) in [6.45, 7) is 0. The molecule has 0 fully saturated rings. The maximum atomic E-state index is 12.4. The minimum absolute atomic E-state index is 0.632. The van der Waals surface area contributed by atoms with Crippen molar-refractivity contribution in [3.05, 3.63) is 0 Å². The van der Waals surface area contributed by atoms with Crippen LogP contribution in [0.5, 0.6) is 0 Å². The van der Waals surface area contributed by atoms with E-state index >= 15 is 0 Å². The van der Waals surface area contributed by atoms with Crippen molar-refractivity contribution in [1.29, 1.82) is 0 Å². The summed E-state index contributed by atoms with van der Waals surface area (Å²) in [5.74, 6) is 0. The summed E-state index contributed by atoms with van der Waals surface area (Å²) in [5, 5.41) is 0. The van der Waals surface area contributed by atoms with Crippen molar-refractivity contribution in [3.63, 3.8) is 0 Å². The fourth-order valence-electron chi connectivity index (χ4n) is 0.759. The van der Waals surface area contributed by atoms with Gasteiger partial charge in [0.1, 0.15) is 0 Å². The van der Waals surface area contributed by atoms with Crippen molar-refractivity contribution in [3.8, 4) is 0 Å². The van der Waals surface area contributed by atoms with Gasteiger partial charge in [-0.1, -0.05) is 0 Å². The first-order chi connectivity index (χ1) is 6.83. The highest BCUT2D eigenvalue weighted by Crippen LogP contribution is 2.27. The first kappa shape index (κ1) is 13.5. The van der Waals surface area contributed by atoms with Crippen LogP contribution in [0.4, 0.5) is 17.6 Å². The highest BCUT2D eigenvalue weighted by molar-refractivity contribution is 5.34. The number of rotatable bonds is 6. The Kier molecular flexibility index (Phi) is 4.84. The zero-order chi connectivity index (χ0) is 11.9. The van der Waals surface area contributed by atoms with Crippen molar-refractivity contribution in [1.82, 2.24) is 0 Å². The van der Waals surface area contributed by atoms with Crippen LogP contribution in [-0.4, -0.2) is 24.3 Å². The van der Waals surface area contributed by atoms with Crippen LogP contribution in [-0.2, 0) is 9.59 Å². The molecule has 0 aliphatic carbocycles. The molecule has 0 radical (unpaired) electrons. The van der Waals surface area contributed by atoms with Crippen LogP contribution >= 0.6 is 0 Å². The Bertz CT molecular complexity index is 276. The quantitative estimate of drug-likeness (QED) is 0.301. The maximum absolute atomic E-state index is 12.4. The maximum Gasteiger partial charge on any atom is 0.351 e. The minimum Gasteiger partial charge on any atom is -0.211 e. The van der Waals surface area contributed by atoms with E-state index in [2.05, 4.69) is 9.98 Å². The molecule has 84 valence electrons. The van der Waals surface area contributed by atoms with E-state index in [0.717, 1.165) is 0 Å². The van der Waals surface area contributed by atoms with E-state index in [-0.39, 0.29) is 0 Å². The first-order valence-corrected chi connectivity index (χ1v) is 3.77. The Morgan fingerprint density at radius 3 is 1.47 bits per heavy atom. The molecule has 0 aliphatic heterocycles. The minimum atomic E-state index is -3.71. The molecule has 0 aromatic heterocycles. The zero-order valence-corrected chi connectivity index (χ0v) is 7.34. The van der Waals surface area contributed by atoms with Gasteiger partial charge in [0.2, 0.25) is 12.2 Å². The van der Waals surface area contributed by atoms with Gasteiger partial charge < -0.3 is 0 Å². The molecule has 0 heterocycles. The Balaban J connectivity index is 4.09. The number of hydrogen-bond acceptors (Lipinski definition) is 4. The molecule has 0 spiro atoms. The lowest BCUT2D eigenvalue weighted by Gasteiger charge is -2.11. The molecule has 8 heteroatoms. The summed E-state index contributed by atoms with van der Waals surface area (Å²) in [7, 11) is 0. The molecule has 4 nitrogen and oxygen atoms in total. The number of nitrogens with zero attached hydrogens (tertiary/aromatic N) is 2. The van der Waals surface area contributed by atoms with Crippen molar-refractivity contribution in [2.75, 3.05) is 0 Å². The van der Waals surface area contributed by atoms with Crippen LogP contribution in [0.2, 0.25) is 0 Å². The molecule has 0 saturated carbocycles. The predicted molar refractivity (Wildman–Crippen MR) is 40.0 cm³/mol. The fourth-order valence-corrected chi connectivity index (χ4v) is 0.759. The van der Waals surface area contributed by atoms with E-state index in [0.29, 0.717) is 12.2 Å². The second-order valence-corrected chi connectivity index (χ2v) is 2.59. The Morgan fingerprint density at radius 1 is 0.867 bits per heavy atom. The summed E-state index contributed by atoms with van der Waals surface area (Å²) in [6.07, 6.45) is -1.45. The number of halogens is 4. The number of carbonyl (C=O) groups excluding carboxylic acids is 2. The lowest BCUT2D eigenvalue weighted by Crippen LogP contribution is -2.16. The van der Waals surface area contributed by atoms with Gasteiger partial charge in [-0.2, -0.15) is 17.6 Å². The number of isocyanates is 2. The third-order valence-electron chi connectivity index (χ3n) is 1.37. The Labute approximate surface area is 81.7 Å². The molecule has 0 atom stereocenters.